The van der Waals surface area contributed by atoms with Gasteiger partial charge in [0.05, 0.1) is 11.1 Å². The van der Waals surface area contributed by atoms with Gasteiger partial charge in [0.1, 0.15) is 5.82 Å². The van der Waals surface area contributed by atoms with Gasteiger partial charge in [-0.15, -0.1) is 0 Å². The molecule has 23 heavy (non-hydrogen) atoms. The Morgan fingerprint density at radius 3 is 2.78 bits per heavy atom. The SMILES string of the molecule is CC(NC(=S)Nc1ccc(F)c(Cl)c1)c1ccc2c(c1)OCO2. The Balaban J connectivity index is 1.64. The third-order valence-electron chi connectivity index (χ3n) is 3.42. The standard InChI is InChI=1S/C16H14ClFN2O2S/c1-9(10-2-5-14-15(6-10)22-8-21-14)19-16(23)20-11-3-4-13(18)12(17)7-11/h2-7,9H,8H2,1H3,(H2,19,20,23). The average molecular weight is 353 g/mol. The van der Waals surface area contributed by atoms with Gasteiger partial charge < -0.3 is 20.1 Å². The van der Waals surface area contributed by atoms with Crippen molar-refractivity contribution in [3.8, 4) is 11.5 Å². The van der Waals surface area contributed by atoms with E-state index in [9.17, 15) is 4.39 Å². The molecule has 2 aromatic rings. The van der Waals surface area contributed by atoms with Crippen molar-refractivity contribution in [3.05, 3.63) is 52.8 Å². The first kappa shape index (κ1) is 15.8. The van der Waals surface area contributed by atoms with Crippen molar-refractivity contribution in [2.24, 2.45) is 0 Å². The van der Waals surface area contributed by atoms with Crippen LogP contribution in [0.1, 0.15) is 18.5 Å². The lowest BCUT2D eigenvalue weighted by Gasteiger charge is -2.18. The van der Waals surface area contributed by atoms with Gasteiger partial charge >= 0.3 is 0 Å². The van der Waals surface area contributed by atoms with Crippen molar-refractivity contribution in [2.45, 2.75) is 13.0 Å². The zero-order valence-corrected chi connectivity index (χ0v) is 13.8. The highest BCUT2D eigenvalue weighted by molar-refractivity contribution is 7.80. The molecule has 0 radical (unpaired) electrons. The minimum absolute atomic E-state index is 0.0413. The van der Waals surface area contributed by atoms with Crippen LogP contribution >= 0.6 is 23.8 Å². The van der Waals surface area contributed by atoms with Crippen LogP contribution in [0.5, 0.6) is 11.5 Å². The van der Waals surface area contributed by atoms with Crippen LogP contribution in [0.2, 0.25) is 5.02 Å². The van der Waals surface area contributed by atoms with E-state index in [-0.39, 0.29) is 17.9 Å². The number of nitrogens with one attached hydrogen (secondary N) is 2. The maximum absolute atomic E-state index is 13.1. The summed E-state index contributed by atoms with van der Waals surface area (Å²) in [6.07, 6.45) is 0. The first-order valence-corrected chi connectivity index (χ1v) is 7.73. The first-order valence-electron chi connectivity index (χ1n) is 6.95. The molecule has 1 aliphatic rings. The van der Waals surface area contributed by atoms with E-state index in [0.717, 1.165) is 17.1 Å². The molecule has 2 aromatic carbocycles. The van der Waals surface area contributed by atoms with Crippen molar-refractivity contribution < 1.29 is 13.9 Å². The molecule has 7 heteroatoms. The second-order valence-corrected chi connectivity index (χ2v) is 5.88. The maximum atomic E-state index is 13.1. The fraction of sp³-hybridized carbons (Fsp3) is 0.188. The monoisotopic (exact) mass is 352 g/mol. The molecule has 0 amide bonds. The molecule has 0 saturated heterocycles. The minimum Gasteiger partial charge on any atom is -0.454 e. The van der Waals surface area contributed by atoms with Crippen LogP contribution in [-0.2, 0) is 0 Å². The number of hydrogen-bond donors (Lipinski definition) is 2. The molecule has 1 heterocycles. The second kappa shape index (κ2) is 6.60. The van der Waals surface area contributed by atoms with Gasteiger partial charge in [0.2, 0.25) is 6.79 Å². The van der Waals surface area contributed by atoms with Gasteiger partial charge in [-0.05, 0) is 55.0 Å². The molecule has 0 bridgehead atoms. The van der Waals surface area contributed by atoms with Gasteiger partial charge in [-0.1, -0.05) is 17.7 Å². The van der Waals surface area contributed by atoms with Crippen LogP contribution in [0.3, 0.4) is 0 Å². The van der Waals surface area contributed by atoms with Crippen molar-refractivity contribution >= 4 is 34.6 Å². The lowest BCUT2D eigenvalue weighted by Crippen LogP contribution is -2.30. The largest absolute Gasteiger partial charge is 0.454 e. The normalized spacial score (nSPS) is 13.5. The van der Waals surface area contributed by atoms with Gasteiger partial charge in [0.15, 0.2) is 16.6 Å². The highest BCUT2D eigenvalue weighted by Gasteiger charge is 2.16. The summed E-state index contributed by atoms with van der Waals surface area (Å²) in [5, 5.41) is 6.59. The third kappa shape index (κ3) is 3.65. The molecular weight excluding hydrogens is 339 g/mol. The Morgan fingerprint density at radius 1 is 1.22 bits per heavy atom. The number of anilines is 1. The number of hydrogen-bond acceptors (Lipinski definition) is 3. The van der Waals surface area contributed by atoms with E-state index in [1.165, 1.54) is 12.1 Å². The molecule has 0 spiro atoms. The Morgan fingerprint density at radius 2 is 2.00 bits per heavy atom. The predicted octanol–water partition coefficient (Wildman–Crippen LogP) is 4.26. The summed E-state index contributed by atoms with van der Waals surface area (Å²) in [5.74, 6) is 0.993. The molecule has 120 valence electrons. The Hall–Kier alpha value is -2.05. The summed E-state index contributed by atoms with van der Waals surface area (Å²) in [6, 6.07) is 10.0. The average Bonchev–Trinajstić information content (AvgIpc) is 2.98. The van der Waals surface area contributed by atoms with E-state index in [4.69, 9.17) is 33.3 Å². The van der Waals surface area contributed by atoms with Gasteiger partial charge in [-0.25, -0.2) is 4.39 Å². The number of benzene rings is 2. The van der Waals surface area contributed by atoms with Crippen LogP contribution in [0.4, 0.5) is 10.1 Å². The molecule has 0 aliphatic carbocycles. The first-order chi connectivity index (χ1) is 11.0. The number of rotatable bonds is 3. The fourth-order valence-electron chi connectivity index (χ4n) is 2.20. The van der Waals surface area contributed by atoms with Crippen LogP contribution in [-0.4, -0.2) is 11.9 Å². The Bertz CT molecular complexity index is 757. The summed E-state index contributed by atoms with van der Waals surface area (Å²) in [5.41, 5.74) is 1.63. The van der Waals surface area contributed by atoms with E-state index >= 15 is 0 Å². The van der Waals surface area contributed by atoms with Gasteiger partial charge in [0, 0.05) is 5.69 Å². The summed E-state index contributed by atoms with van der Waals surface area (Å²) in [7, 11) is 0. The Labute approximate surface area is 143 Å². The van der Waals surface area contributed by atoms with E-state index in [2.05, 4.69) is 10.6 Å². The number of fused-ring (bicyclic) bond motifs is 1. The van der Waals surface area contributed by atoms with E-state index in [1.54, 1.807) is 6.07 Å². The molecule has 1 unspecified atom stereocenters. The molecule has 2 N–H and O–H groups in total. The van der Waals surface area contributed by atoms with Crippen LogP contribution in [0, 0.1) is 5.82 Å². The molecule has 0 fully saturated rings. The summed E-state index contributed by atoms with van der Waals surface area (Å²) < 4.78 is 23.8. The maximum Gasteiger partial charge on any atom is 0.231 e. The van der Waals surface area contributed by atoms with Gasteiger partial charge in [0.25, 0.3) is 0 Å². The van der Waals surface area contributed by atoms with Gasteiger partial charge in [-0.3, -0.25) is 0 Å². The number of ether oxygens (including phenoxy) is 2. The number of thiocarbonyl (C=S) groups is 1. The van der Waals surface area contributed by atoms with Crippen molar-refractivity contribution in [3.63, 3.8) is 0 Å². The highest BCUT2D eigenvalue weighted by atomic mass is 35.5. The molecule has 1 aliphatic heterocycles. The predicted molar refractivity (Wildman–Crippen MR) is 91.7 cm³/mol. The van der Waals surface area contributed by atoms with E-state index in [1.807, 2.05) is 25.1 Å². The zero-order valence-electron chi connectivity index (χ0n) is 12.2. The molecule has 1 atom stereocenters. The molecule has 0 aromatic heterocycles. The lowest BCUT2D eigenvalue weighted by atomic mass is 10.1. The molecular formula is C16H14ClFN2O2S. The summed E-state index contributed by atoms with van der Waals surface area (Å²) >= 11 is 11.0. The summed E-state index contributed by atoms with van der Waals surface area (Å²) in [6.45, 7) is 2.22. The van der Waals surface area contributed by atoms with E-state index in [0.29, 0.717) is 10.8 Å². The fourth-order valence-corrected chi connectivity index (χ4v) is 2.68. The topological polar surface area (TPSA) is 42.5 Å². The second-order valence-electron chi connectivity index (χ2n) is 5.06. The van der Waals surface area contributed by atoms with E-state index < -0.39 is 5.82 Å². The van der Waals surface area contributed by atoms with Crippen LogP contribution in [0.25, 0.3) is 0 Å². The minimum atomic E-state index is -0.468. The summed E-state index contributed by atoms with van der Waals surface area (Å²) in [4.78, 5) is 0. The third-order valence-corrected chi connectivity index (χ3v) is 3.93. The van der Waals surface area contributed by atoms with Crippen molar-refractivity contribution in [2.75, 3.05) is 12.1 Å². The molecule has 3 rings (SSSR count). The Kier molecular flexibility index (Phi) is 4.54. The molecule has 4 nitrogen and oxygen atoms in total. The number of halogens is 2. The zero-order chi connectivity index (χ0) is 16.4. The molecule has 0 saturated carbocycles. The van der Waals surface area contributed by atoms with Crippen LogP contribution in [0.15, 0.2) is 36.4 Å². The quantitative estimate of drug-likeness (QED) is 0.808. The van der Waals surface area contributed by atoms with Crippen LogP contribution < -0.4 is 20.1 Å². The van der Waals surface area contributed by atoms with Gasteiger partial charge in [-0.2, -0.15) is 0 Å². The van der Waals surface area contributed by atoms with Crippen molar-refractivity contribution in [1.82, 2.24) is 5.32 Å². The smallest absolute Gasteiger partial charge is 0.231 e. The lowest BCUT2D eigenvalue weighted by molar-refractivity contribution is 0.174. The van der Waals surface area contributed by atoms with Crippen molar-refractivity contribution in [1.29, 1.82) is 0 Å². The highest BCUT2D eigenvalue weighted by Crippen LogP contribution is 2.34.